The lowest BCUT2D eigenvalue weighted by atomic mass is 9.77. The number of aliphatic hydroxyl groups is 2. The van der Waals surface area contributed by atoms with Gasteiger partial charge in [-0.3, -0.25) is 0 Å². The Labute approximate surface area is 200 Å². The average Bonchev–Trinajstić information content (AvgIpc) is 2.89. The fraction of sp³-hybridized carbons (Fsp3) is 0.423. The molecule has 182 valence electrons. The molecular weight excluding hydrogens is 436 g/mol. The van der Waals surface area contributed by atoms with Gasteiger partial charge < -0.3 is 24.6 Å². The highest BCUT2D eigenvalue weighted by Gasteiger charge is 2.42. The van der Waals surface area contributed by atoms with Crippen molar-refractivity contribution in [2.24, 2.45) is 0 Å². The zero-order valence-electron chi connectivity index (χ0n) is 19.9. The maximum absolute atomic E-state index is 12.7. The molecule has 1 unspecified atom stereocenters. The van der Waals surface area contributed by atoms with Crippen molar-refractivity contribution in [3.63, 3.8) is 0 Å². The first-order valence-electron chi connectivity index (χ1n) is 11.0. The third kappa shape index (κ3) is 6.41. The number of methoxy groups -OCH3 is 2. The number of ether oxygens (including phenoxy) is 2. The van der Waals surface area contributed by atoms with Crippen LogP contribution >= 0.6 is 0 Å². The molecule has 2 rings (SSSR count). The molecule has 8 nitrogen and oxygen atoms in total. The van der Waals surface area contributed by atoms with Crippen LogP contribution < -0.4 is 0 Å². The smallest absolute Gasteiger partial charge is 0.337 e. The summed E-state index contributed by atoms with van der Waals surface area (Å²) < 4.78 is 9.68. The number of rotatable bonds is 12. The van der Waals surface area contributed by atoms with E-state index in [0.717, 1.165) is 18.5 Å². The summed E-state index contributed by atoms with van der Waals surface area (Å²) in [5.41, 5.74) is 1.54. The predicted octanol–water partition coefficient (Wildman–Crippen LogP) is 2.35. The first kappa shape index (κ1) is 27.0. The minimum atomic E-state index is -1.50. The minimum Gasteiger partial charge on any atom is -0.468 e. The average molecular weight is 469 g/mol. The molecule has 2 N–H and O–H groups in total. The number of esters is 2. The fourth-order valence-electron chi connectivity index (χ4n) is 3.87. The third-order valence-corrected chi connectivity index (χ3v) is 6.01. The standard InChI is InChI=1S/C26H32N2O6/c1-28(14-11-19-5-7-20(8-6-19)24(31)33-2)13-4-12-26(18-27,25(32)34-3)23-10-9-21(16-29)22(15-23)17-30/h5-10,15,29-30H,4,11-14,16-17H2,1-3H3. The number of aliphatic hydroxyl groups excluding tert-OH is 2. The van der Waals surface area contributed by atoms with Crippen molar-refractivity contribution in [3.8, 4) is 6.07 Å². The van der Waals surface area contributed by atoms with Crippen LogP contribution in [0.25, 0.3) is 0 Å². The molecule has 0 bridgehead atoms. The van der Waals surface area contributed by atoms with Crippen molar-refractivity contribution in [2.75, 3.05) is 34.4 Å². The van der Waals surface area contributed by atoms with Crippen molar-refractivity contribution < 1.29 is 29.3 Å². The second kappa shape index (κ2) is 12.8. The largest absolute Gasteiger partial charge is 0.468 e. The lowest BCUT2D eigenvalue weighted by molar-refractivity contribution is -0.145. The van der Waals surface area contributed by atoms with Gasteiger partial charge in [-0.25, -0.2) is 9.59 Å². The molecule has 0 spiro atoms. The van der Waals surface area contributed by atoms with E-state index in [1.54, 1.807) is 30.3 Å². The maximum Gasteiger partial charge on any atom is 0.337 e. The van der Waals surface area contributed by atoms with Crippen LogP contribution in [0.3, 0.4) is 0 Å². The van der Waals surface area contributed by atoms with Gasteiger partial charge in [-0.05, 0) is 67.2 Å². The van der Waals surface area contributed by atoms with E-state index >= 15 is 0 Å². The highest BCUT2D eigenvalue weighted by atomic mass is 16.5. The summed E-state index contributed by atoms with van der Waals surface area (Å²) in [6.45, 7) is 0.859. The lowest BCUT2D eigenvalue weighted by Gasteiger charge is -2.26. The number of hydrogen-bond donors (Lipinski definition) is 2. The summed E-state index contributed by atoms with van der Waals surface area (Å²) in [7, 11) is 4.57. The lowest BCUT2D eigenvalue weighted by Crippen LogP contribution is -2.37. The van der Waals surface area contributed by atoms with Gasteiger partial charge in [0.1, 0.15) is 0 Å². The Morgan fingerprint density at radius 3 is 2.24 bits per heavy atom. The van der Waals surface area contributed by atoms with Gasteiger partial charge >= 0.3 is 11.9 Å². The molecule has 0 aliphatic rings. The second-order valence-electron chi connectivity index (χ2n) is 8.15. The van der Waals surface area contributed by atoms with Crippen LogP contribution in [-0.4, -0.2) is 61.4 Å². The number of nitrogens with zero attached hydrogens (tertiary/aromatic N) is 2. The molecule has 34 heavy (non-hydrogen) atoms. The highest BCUT2D eigenvalue weighted by molar-refractivity contribution is 5.89. The molecule has 0 fully saturated rings. The summed E-state index contributed by atoms with van der Waals surface area (Å²) in [6, 6.07) is 14.3. The molecule has 8 heteroatoms. The number of hydrogen-bond acceptors (Lipinski definition) is 8. The summed E-state index contributed by atoms with van der Waals surface area (Å²) in [4.78, 5) is 26.4. The molecule has 0 heterocycles. The maximum atomic E-state index is 12.7. The Bertz CT molecular complexity index is 1010. The summed E-state index contributed by atoms with van der Waals surface area (Å²) in [6.07, 6.45) is 1.59. The van der Waals surface area contributed by atoms with Crippen molar-refractivity contribution in [2.45, 2.75) is 37.9 Å². The molecule has 0 saturated heterocycles. The van der Waals surface area contributed by atoms with E-state index in [0.29, 0.717) is 35.2 Å². The van der Waals surface area contributed by atoms with Crippen LogP contribution in [0.2, 0.25) is 0 Å². The van der Waals surface area contributed by atoms with Gasteiger partial charge in [0.05, 0.1) is 39.1 Å². The van der Waals surface area contributed by atoms with Gasteiger partial charge in [0, 0.05) is 6.54 Å². The van der Waals surface area contributed by atoms with Crippen LogP contribution in [0.1, 0.15) is 45.5 Å². The molecule has 1 atom stereocenters. The second-order valence-corrected chi connectivity index (χ2v) is 8.15. The molecule has 0 amide bonds. The van der Waals surface area contributed by atoms with Gasteiger partial charge in [-0.2, -0.15) is 5.26 Å². The Kier molecular flexibility index (Phi) is 10.2. The van der Waals surface area contributed by atoms with Crippen LogP contribution in [0, 0.1) is 11.3 Å². The van der Waals surface area contributed by atoms with E-state index in [1.165, 1.54) is 14.2 Å². The third-order valence-electron chi connectivity index (χ3n) is 6.01. The number of benzene rings is 2. The predicted molar refractivity (Wildman–Crippen MR) is 126 cm³/mol. The summed E-state index contributed by atoms with van der Waals surface area (Å²) in [5.74, 6) is -1.02. The van der Waals surface area contributed by atoms with Gasteiger partial charge in [0.15, 0.2) is 5.41 Å². The van der Waals surface area contributed by atoms with Crippen LogP contribution in [0.4, 0.5) is 0 Å². The van der Waals surface area contributed by atoms with E-state index in [2.05, 4.69) is 11.0 Å². The van der Waals surface area contributed by atoms with Gasteiger partial charge in [0.2, 0.25) is 0 Å². The van der Waals surface area contributed by atoms with E-state index in [4.69, 9.17) is 9.47 Å². The number of likely N-dealkylation sites (N-methyl/N-ethyl adjacent to an activating group) is 1. The Morgan fingerprint density at radius 2 is 1.68 bits per heavy atom. The molecule has 0 aliphatic heterocycles. The van der Waals surface area contributed by atoms with E-state index in [-0.39, 0.29) is 25.6 Å². The van der Waals surface area contributed by atoms with Crippen LogP contribution in [0.15, 0.2) is 42.5 Å². The molecule has 2 aromatic carbocycles. The zero-order chi connectivity index (χ0) is 25.1. The number of carbonyl (C=O) groups is 2. The van der Waals surface area contributed by atoms with Gasteiger partial charge in [0.25, 0.3) is 0 Å². The Balaban J connectivity index is 2.04. The first-order valence-corrected chi connectivity index (χ1v) is 11.0. The van der Waals surface area contributed by atoms with Crippen LogP contribution in [0.5, 0.6) is 0 Å². The van der Waals surface area contributed by atoms with E-state index < -0.39 is 11.4 Å². The van der Waals surface area contributed by atoms with E-state index in [9.17, 15) is 25.1 Å². The quantitative estimate of drug-likeness (QED) is 0.456. The molecule has 0 radical (unpaired) electrons. The Hall–Kier alpha value is -3.25. The SMILES string of the molecule is COC(=O)c1ccc(CCN(C)CCCC(C#N)(C(=O)OC)c2ccc(CO)c(CO)c2)cc1. The van der Waals surface area contributed by atoms with Crippen molar-refractivity contribution in [1.29, 1.82) is 5.26 Å². The van der Waals surface area contributed by atoms with Crippen molar-refractivity contribution in [1.82, 2.24) is 4.90 Å². The number of nitriles is 1. The molecule has 2 aromatic rings. The number of carbonyl (C=O) groups excluding carboxylic acids is 2. The zero-order valence-corrected chi connectivity index (χ0v) is 19.9. The minimum absolute atomic E-state index is 0.246. The Morgan fingerprint density at radius 1 is 1.00 bits per heavy atom. The summed E-state index contributed by atoms with van der Waals surface area (Å²) >= 11 is 0. The highest BCUT2D eigenvalue weighted by Crippen LogP contribution is 2.32. The normalized spacial score (nSPS) is 12.6. The topological polar surface area (TPSA) is 120 Å². The van der Waals surface area contributed by atoms with Crippen molar-refractivity contribution in [3.05, 3.63) is 70.3 Å². The van der Waals surface area contributed by atoms with E-state index in [1.807, 2.05) is 19.2 Å². The van der Waals surface area contributed by atoms with Gasteiger partial charge in [-0.1, -0.05) is 30.3 Å². The summed E-state index contributed by atoms with van der Waals surface area (Å²) in [5, 5.41) is 29.1. The first-order chi connectivity index (χ1) is 16.3. The van der Waals surface area contributed by atoms with Gasteiger partial charge in [-0.15, -0.1) is 0 Å². The molecule has 0 aromatic heterocycles. The van der Waals surface area contributed by atoms with Crippen molar-refractivity contribution >= 4 is 11.9 Å². The molecule has 0 aliphatic carbocycles. The molecule has 0 saturated carbocycles. The fourth-order valence-corrected chi connectivity index (χ4v) is 3.87. The molecular formula is C26H32N2O6. The van der Waals surface area contributed by atoms with Crippen LogP contribution in [-0.2, 0) is 39.3 Å². The monoisotopic (exact) mass is 468 g/mol.